The largest absolute Gasteiger partial charge is 0.365 e. The third kappa shape index (κ3) is 1.93. The van der Waals surface area contributed by atoms with E-state index in [1.165, 1.54) is 0 Å². The van der Waals surface area contributed by atoms with Crippen molar-refractivity contribution in [3.8, 4) is 0 Å². The fourth-order valence-electron chi connectivity index (χ4n) is 1.61. The normalized spacial score (nSPS) is 27.0. The lowest BCUT2D eigenvalue weighted by molar-refractivity contribution is 0.0355. The van der Waals surface area contributed by atoms with Crippen LogP contribution in [0.15, 0.2) is 4.52 Å². The van der Waals surface area contributed by atoms with E-state index in [-0.39, 0.29) is 6.10 Å². The molecule has 2 rings (SSSR count). The van der Waals surface area contributed by atoms with E-state index < -0.39 is 0 Å². The van der Waals surface area contributed by atoms with E-state index in [0.29, 0.717) is 30.8 Å². The van der Waals surface area contributed by atoms with Crippen LogP contribution in [0.25, 0.3) is 0 Å². The number of hydrogen-bond donors (Lipinski definition) is 1. The lowest BCUT2D eigenvalue weighted by Crippen LogP contribution is -2.05. The third-order valence-electron chi connectivity index (χ3n) is 2.36. The molecular formula is C9H15N3O2. The molecule has 1 aromatic heterocycles. The van der Waals surface area contributed by atoms with E-state index in [1.807, 2.05) is 0 Å². The molecule has 1 saturated heterocycles. The van der Waals surface area contributed by atoms with E-state index in [2.05, 4.69) is 17.1 Å². The summed E-state index contributed by atoms with van der Waals surface area (Å²) in [4.78, 5) is 4.23. The molecule has 2 atom stereocenters. The van der Waals surface area contributed by atoms with E-state index in [4.69, 9.17) is 15.0 Å². The minimum Gasteiger partial charge on any atom is -0.365 e. The predicted octanol–water partition coefficient (Wildman–Crippen LogP) is 0.811. The third-order valence-corrected chi connectivity index (χ3v) is 2.36. The van der Waals surface area contributed by atoms with Gasteiger partial charge in [0.1, 0.15) is 6.10 Å². The second-order valence-corrected chi connectivity index (χ2v) is 3.60. The molecule has 0 aliphatic carbocycles. The van der Waals surface area contributed by atoms with Gasteiger partial charge in [-0.1, -0.05) is 5.16 Å². The number of rotatable bonds is 3. The average Bonchev–Trinajstić information content (AvgIpc) is 2.74. The van der Waals surface area contributed by atoms with Gasteiger partial charge in [-0.15, -0.1) is 0 Å². The van der Waals surface area contributed by atoms with Crippen molar-refractivity contribution in [1.29, 1.82) is 0 Å². The first-order valence-electron chi connectivity index (χ1n) is 4.97. The highest BCUT2D eigenvalue weighted by Crippen LogP contribution is 2.31. The van der Waals surface area contributed by atoms with Crippen LogP contribution < -0.4 is 5.73 Å². The molecule has 0 radical (unpaired) electrons. The molecule has 2 heterocycles. The summed E-state index contributed by atoms with van der Waals surface area (Å²) in [7, 11) is 0. The standard InChI is InChI=1S/C9H15N3O2/c1-6-2-3-7(13-6)9-11-8(4-5-10)12-14-9/h6-7H,2-5,10H2,1H3. The van der Waals surface area contributed by atoms with Crippen LogP contribution >= 0.6 is 0 Å². The zero-order valence-electron chi connectivity index (χ0n) is 8.27. The summed E-state index contributed by atoms with van der Waals surface area (Å²) < 4.78 is 10.7. The van der Waals surface area contributed by atoms with Crippen LogP contribution in [0.5, 0.6) is 0 Å². The van der Waals surface area contributed by atoms with Crippen molar-refractivity contribution in [3.05, 3.63) is 11.7 Å². The van der Waals surface area contributed by atoms with Crippen molar-refractivity contribution < 1.29 is 9.26 Å². The molecule has 1 aromatic rings. The second-order valence-electron chi connectivity index (χ2n) is 3.60. The van der Waals surface area contributed by atoms with Crippen molar-refractivity contribution >= 4 is 0 Å². The smallest absolute Gasteiger partial charge is 0.255 e. The molecule has 1 aliphatic rings. The van der Waals surface area contributed by atoms with Crippen molar-refractivity contribution in [3.63, 3.8) is 0 Å². The van der Waals surface area contributed by atoms with Crippen LogP contribution in [0.1, 0.15) is 37.6 Å². The molecular weight excluding hydrogens is 182 g/mol. The molecule has 0 amide bonds. The van der Waals surface area contributed by atoms with Gasteiger partial charge in [0, 0.05) is 6.42 Å². The van der Waals surface area contributed by atoms with Crippen molar-refractivity contribution in [2.75, 3.05) is 6.54 Å². The molecule has 78 valence electrons. The Hall–Kier alpha value is -0.940. The van der Waals surface area contributed by atoms with Crippen LogP contribution in [-0.4, -0.2) is 22.8 Å². The molecule has 1 fully saturated rings. The number of hydrogen-bond acceptors (Lipinski definition) is 5. The monoisotopic (exact) mass is 197 g/mol. The zero-order valence-corrected chi connectivity index (χ0v) is 8.27. The molecule has 0 saturated carbocycles. The average molecular weight is 197 g/mol. The number of aromatic nitrogens is 2. The van der Waals surface area contributed by atoms with E-state index >= 15 is 0 Å². The molecule has 5 heteroatoms. The molecule has 14 heavy (non-hydrogen) atoms. The summed E-state index contributed by atoms with van der Waals surface area (Å²) in [5.41, 5.74) is 5.39. The molecule has 5 nitrogen and oxygen atoms in total. The number of nitrogens with zero attached hydrogens (tertiary/aromatic N) is 2. The maximum Gasteiger partial charge on any atom is 0.255 e. The quantitative estimate of drug-likeness (QED) is 0.776. The highest BCUT2D eigenvalue weighted by atomic mass is 16.5. The van der Waals surface area contributed by atoms with Crippen LogP contribution in [-0.2, 0) is 11.2 Å². The SMILES string of the molecule is CC1CCC(c2nc(CCN)no2)O1. The molecule has 1 aliphatic heterocycles. The van der Waals surface area contributed by atoms with Gasteiger partial charge in [0.25, 0.3) is 5.89 Å². The van der Waals surface area contributed by atoms with Crippen LogP contribution in [0.3, 0.4) is 0 Å². The Morgan fingerprint density at radius 1 is 1.50 bits per heavy atom. The summed E-state index contributed by atoms with van der Waals surface area (Å²) in [6, 6.07) is 0. The number of ether oxygens (including phenoxy) is 1. The van der Waals surface area contributed by atoms with Gasteiger partial charge in [0.05, 0.1) is 6.10 Å². The highest BCUT2D eigenvalue weighted by molar-refractivity contribution is 4.93. The molecule has 0 spiro atoms. The number of nitrogens with two attached hydrogens (primary N) is 1. The summed E-state index contributed by atoms with van der Waals surface area (Å²) in [6.45, 7) is 2.60. The lowest BCUT2D eigenvalue weighted by Gasteiger charge is -2.04. The van der Waals surface area contributed by atoms with Crippen molar-refractivity contribution in [2.45, 2.75) is 38.4 Å². The van der Waals surface area contributed by atoms with E-state index in [1.54, 1.807) is 0 Å². The minimum absolute atomic E-state index is 0.0102. The Morgan fingerprint density at radius 3 is 3.00 bits per heavy atom. The van der Waals surface area contributed by atoms with E-state index in [0.717, 1.165) is 12.8 Å². The minimum atomic E-state index is -0.0102. The molecule has 2 unspecified atom stereocenters. The zero-order chi connectivity index (χ0) is 9.97. The second kappa shape index (κ2) is 4.06. The van der Waals surface area contributed by atoms with Crippen LogP contribution in [0, 0.1) is 0 Å². The Kier molecular flexibility index (Phi) is 2.79. The van der Waals surface area contributed by atoms with Crippen molar-refractivity contribution in [2.24, 2.45) is 5.73 Å². The Labute approximate surface area is 82.6 Å². The Morgan fingerprint density at radius 2 is 2.36 bits per heavy atom. The first-order chi connectivity index (χ1) is 6.79. The summed E-state index contributed by atoms with van der Waals surface area (Å²) in [5, 5.41) is 3.83. The Bertz CT molecular complexity index is 300. The summed E-state index contributed by atoms with van der Waals surface area (Å²) in [6.07, 6.45) is 2.96. The van der Waals surface area contributed by atoms with Crippen LogP contribution in [0.2, 0.25) is 0 Å². The summed E-state index contributed by atoms with van der Waals surface area (Å²) >= 11 is 0. The van der Waals surface area contributed by atoms with Gasteiger partial charge < -0.3 is 15.0 Å². The molecule has 0 aromatic carbocycles. The fourth-order valence-corrected chi connectivity index (χ4v) is 1.61. The first kappa shape index (κ1) is 9.61. The maximum atomic E-state index is 5.61. The van der Waals surface area contributed by atoms with Gasteiger partial charge in [-0.05, 0) is 26.3 Å². The van der Waals surface area contributed by atoms with Gasteiger partial charge >= 0.3 is 0 Å². The summed E-state index contributed by atoms with van der Waals surface area (Å²) in [5.74, 6) is 1.27. The van der Waals surface area contributed by atoms with Crippen molar-refractivity contribution in [1.82, 2.24) is 10.1 Å². The first-order valence-corrected chi connectivity index (χ1v) is 4.97. The molecule has 2 N–H and O–H groups in total. The Balaban J connectivity index is 2.02. The predicted molar refractivity (Wildman–Crippen MR) is 49.6 cm³/mol. The lowest BCUT2D eigenvalue weighted by atomic mass is 10.2. The maximum absolute atomic E-state index is 5.61. The van der Waals surface area contributed by atoms with Gasteiger partial charge in [0.15, 0.2) is 5.82 Å². The van der Waals surface area contributed by atoms with Gasteiger partial charge in [-0.2, -0.15) is 4.98 Å². The van der Waals surface area contributed by atoms with E-state index in [9.17, 15) is 0 Å². The van der Waals surface area contributed by atoms with Crippen LogP contribution in [0.4, 0.5) is 0 Å². The van der Waals surface area contributed by atoms with Gasteiger partial charge in [0.2, 0.25) is 0 Å². The molecule has 0 bridgehead atoms. The topological polar surface area (TPSA) is 74.2 Å². The van der Waals surface area contributed by atoms with Gasteiger partial charge in [-0.25, -0.2) is 0 Å². The fraction of sp³-hybridized carbons (Fsp3) is 0.778. The highest BCUT2D eigenvalue weighted by Gasteiger charge is 2.27. The van der Waals surface area contributed by atoms with Gasteiger partial charge in [-0.3, -0.25) is 0 Å².